The van der Waals surface area contributed by atoms with E-state index in [0.717, 1.165) is 0 Å². The van der Waals surface area contributed by atoms with Crippen LogP contribution in [0, 0.1) is 10.1 Å². The van der Waals surface area contributed by atoms with E-state index in [4.69, 9.17) is 4.74 Å². The third-order valence-corrected chi connectivity index (χ3v) is 2.68. The molecule has 0 aliphatic carbocycles. The van der Waals surface area contributed by atoms with Gasteiger partial charge in [0.15, 0.2) is 0 Å². The van der Waals surface area contributed by atoms with Gasteiger partial charge in [-0.1, -0.05) is 18.2 Å². The van der Waals surface area contributed by atoms with E-state index in [-0.39, 0.29) is 11.4 Å². The van der Waals surface area contributed by atoms with Crippen molar-refractivity contribution in [2.45, 2.75) is 0 Å². The van der Waals surface area contributed by atoms with Crippen LogP contribution in [-0.2, 0) is 0 Å². The number of hydrogen-bond acceptors (Lipinski definition) is 4. The fraction of sp³-hybridized carbons (Fsp3) is 0.0714. The molecule has 0 saturated heterocycles. The van der Waals surface area contributed by atoms with E-state index in [9.17, 15) is 14.9 Å². The number of benzene rings is 2. The Balaban J connectivity index is 2.12. The molecule has 0 bridgehead atoms. The molecule has 0 spiro atoms. The zero-order valence-electron chi connectivity index (χ0n) is 11.2. The molecule has 0 unspecified atom stereocenters. The SMILES string of the molecule is COc1cc([N+](=O)[O-])ccc1NC(=O)Nc1ccccc1. The standard InChI is InChI=1S/C14H13N3O4/c1-21-13-9-11(17(19)20)7-8-12(13)16-14(18)15-10-5-3-2-4-6-10/h2-9H,1H3,(H2,15,16,18). The molecule has 0 atom stereocenters. The van der Waals surface area contributed by atoms with E-state index in [1.807, 2.05) is 6.07 Å². The second-order valence-corrected chi connectivity index (χ2v) is 4.09. The Morgan fingerprint density at radius 2 is 1.86 bits per heavy atom. The molecule has 2 rings (SSSR count). The lowest BCUT2D eigenvalue weighted by Crippen LogP contribution is -2.19. The maximum Gasteiger partial charge on any atom is 0.323 e. The summed E-state index contributed by atoms with van der Waals surface area (Å²) in [5.74, 6) is 0.215. The molecule has 0 fully saturated rings. The number of para-hydroxylation sites is 1. The van der Waals surface area contributed by atoms with Crippen molar-refractivity contribution in [1.29, 1.82) is 0 Å². The van der Waals surface area contributed by atoms with Crippen molar-refractivity contribution in [2.75, 3.05) is 17.7 Å². The third kappa shape index (κ3) is 3.69. The summed E-state index contributed by atoms with van der Waals surface area (Å²) in [7, 11) is 1.37. The van der Waals surface area contributed by atoms with Crippen LogP contribution in [-0.4, -0.2) is 18.1 Å². The van der Waals surface area contributed by atoms with Crippen molar-refractivity contribution in [3.05, 3.63) is 58.6 Å². The molecule has 7 heteroatoms. The van der Waals surface area contributed by atoms with E-state index < -0.39 is 11.0 Å². The van der Waals surface area contributed by atoms with Gasteiger partial charge in [-0.15, -0.1) is 0 Å². The summed E-state index contributed by atoms with van der Waals surface area (Å²) in [5, 5.41) is 15.9. The highest BCUT2D eigenvalue weighted by atomic mass is 16.6. The summed E-state index contributed by atoms with van der Waals surface area (Å²) in [5.41, 5.74) is 0.869. The molecule has 0 saturated carbocycles. The smallest absolute Gasteiger partial charge is 0.323 e. The Labute approximate surface area is 120 Å². The Morgan fingerprint density at radius 1 is 1.14 bits per heavy atom. The molecule has 2 aromatic rings. The van der Waals surface area contributed by atoms with Gasteiger partial charge in [-0.25, -0.2) is 4.79 Å². The van der Waals surface area contributed by atoms with Gasteiger partial charge in [-0.3, -0.25) is 10.1 Å². The molecule has 0 radical (unpaired) electrons. The number of carbonyl (C=O) groups excluding carboxylic acids is 1. The van der Waals surface area contributed by atoms with Crippen molar-refractivity contribution < 1.29 is 14.5 Å². The molecule has 108 valence electrons. The van der Waals surface area contributed by atoms with Crippen LogP contribution < -0.4 is 15.4 Å². The maximum atomic E-state index is 11.9. The summed E-state index contributed by atoms with van der Waals surface area (Å²) in [6.07, 6.45) is 0. The first-order valence-corrected chi connectivity index (χ1v) is 6.05. The molecule has 0 aliphatic rings. The predicted molar refractivity (Wildman–Crippen MR) is 78.7 cm³/mol. The van der Waals surface area contributed by atoms with Crippen LogP contribution in [0.15, 0.2) is 48.5 Å². The van der Waals surface area contributed by atoms with Crippen molar-refractivity contribution >= 4 is 23.1 Å². The number of rotatable bonds is 4. The number of urea groups is 1. The zero-order chi connectivity index (χ0) is 15.2. The Morgan fingerprint density at radius 3 is 2.48 bits per heavy atom. The number of anilines is 2. The number of ether oxygens (including phenoxy) is 1. The Kier molecular flexibility index (Phi) is 4.35. The van der Waals surface area contributed by atoms with Crippen molar-refractivity contribution in [1.82, 2.24) is 0 Å². The molecule has 0 heterocycles. The highest BCUT2D eigenvalue weighted by Gasteiger charge is 2.13. The van der Waals surface area contributed by atoms with Gasteiger partial charge in [0.05, 0.1) is 23.8 Å². The highest BCUT2D eigenvalue weighted by molar-refractivity contribution is 6.00. The number of nitro groups is 1. The van der Waals surface area contributed by atoms with Crippen LogP contribution in [0.2, 0.25) is 0 Å². The summed E-state index contributed by atoms with van der Waals surface area (Å²) < 4.78 is 5.04. The van der Waals surface area contributed by atoms with E-state index in [0.29, 0.717) is 11.4 Å². The minimum atomic E-state index is -0.531. The van der Waals surface area contributed by atoms with Gasteiger partial charge in [0.1, 0.15) is 5.75 Å². The van der Waals surface area contributed by atoms with Crippen molar-refractivity contribution in [3.8, 4) is 5.75 Å². The molecule has 0 aliphatic heterocycles. The van der Waals surface area contributed by atoms with Gasteiger partial charge in [-0.2, -0.15) is 0 Å². The Bertz CT molecular complexity index is 659. The number of hydrogen-bond donors (Lipinski definition) is 2. The normalized spacial score (nSPS) is 9.76. The average Bonchev–Trinajstić information content (AvgIpc) is 2.48. The van der Waals surface area contributed by atoms with E-state index in [1.54, 1.807) is 24.3 Å². The maximum absolute atomic E-state index is 11.9. The fourth-order valence-electron chi connectivity index (χ4n) is 1.70. The van der Waals surface area contributed by atoms with Crippen LogP contribution in [0.4, 0.5) is 21.9 Å². The quantitative estimate of drug-likeness (QED) is 0.666. The van der Waals surface area contributed by atoms with E-state index >= 15 is 0 Å². The third-order valence-electron chi connectivity index (χ3n) is 2.68. The monoisotopic (exact) mass is 287 g/mol. The minimum Gasteiger partial charge on any atom is -0.494 e. The van der Waals surface area contributed by atoms with E-state index in [1.165, 1.54) is 25.3 Å². The van der Waals surface area contributed by atoms with Gasteiger partial charge in [0, 0.05) is 11.8 Å². The minimum absolute atomic E-state index is 0.110. The number of non-ortho nitro benzene ring substituents is 1. The summed E-state index contributed by atoms with van der Waals surface area (Å²) in [6.45, 7) is 0. The van der Waals surface area contributed by atoms with Crippen molar-refractivity contribution in [2.24, 2.45) is 0 Å². The first-order valence-electron chi connectivity index (χ1n) is 6.05. The summed E-state index contributed by atoms with van der Waals surface area (Å²) in [6, 6.07) is 12.4. The van der Waals surface area contributed by atoms with E-state index in [2.05, 4.69) is 10.6 Å². The first kappa shape index (κ1) is 14.3. The summed E-state index contributed by atoms with van der Waals surface area (Å²) in [4.78, 5) is 22.0. The highest BCUT2D eigenvalue weighted by Crippen LogP contribution is 2.29. The van der Waals surface area contributed by atoms with Crippen LogP contribution >= 0.6 is 0 Å². The Hall–Kier alpha value is -3.09. The summed E-state index contributed by atoms with van der Waals surface area (Å²) >= 11 is 0. The van der Waals surface area contributed by atoms with Gasteiger partial charge in [-0.05, 0) is 18.2 Å². The first-order chi connectivity index (χ1) is 10.1. The number of methoxy groups -OCH3 is 1. The second kappa shape index (κ2) is 6.38. The molecular formula is C14H13N3O4. The molecule has 2 amide bonds. The van der Waals surface area contributed by atoms with Crippen LogP contribution in [0.25, 0.3) is 0 Å². The second-order valence-electron chi connectivity index (χ2n) is 4.09. The lowest BCUT2D eigenvalue weighted by atomic mass is 10.2. The number of nitrogens with zero attached hydrogens (tertiary/aromatic N) is 1. The lowest BCUT2D eigenvalue weighted by molar-refractivity contribution is -0.384. The average molecular weight is 287 g/mol. The van der Waals surface area contributed by atoms with Gasteiger partial charge in [0.25, 0.3) is 5.69 Å². The van der Waals surface area contributed by atoms with Crippen molar-refractivity contribution in [3.63, 3.8) is 0 Å². The van der Waals surface area contributed by atoms with Crippen LogP contribution in [0.3, 0.4) is 0 Å². The van der Waals surface area contributed by atoms with Gasteiger partial charge in [0.2, 0.25) is 0 Å². The molecule has 2 aromatic carbocycles. The molecule has 0 aromatic heterocycles. The zero-order valence-corrected chi connectivity index (χ0v) is 11.2. The van der Waals surface area contributed by atoms with Gasteiger partial charge >= 0.3 is 6.03 Å². The topological polar surface area (TPSA) is 93.5 Å². The number of nitrogens with one attached hydrogen (secondary N) is 2. The predicted octanol–water partition coefficient (Wildman–Crippen LogP) is 3.25. The number of amides is 2. The largest absolute Gasteiger partial charge is 0.494 e. The van der Waals surface area contributed by atoms with Crippen LogP contribution in [0.1, 0.15) is 0 Å². The van der Waals surface area contributed by atoms with Gasteiger partial charge < -0.3 is 15.4 Å². The number of nitro benzene ring substituents is 1. The fourth-order valence-corrected chi connectivity index (χ4v) is 1.70. The molecule has 7 nitrogen and oxygen atoms in total. The molecule has 2 N–H and O–H groups in total. The lowest BCUT2D eigenvalue weighted by Gasteiger charge is -2.11. The van der Waals surface area contributed by atoms with Crippen LogP contribution in [0.5, 0.6) is 5.75 Å². The molecular weight excluding hydrogens is 274 g/mol. The number of carbonyl (C=O) groups is 1. The molecule has 21 heavy (non-hydrogen) atoms.